The van der Waals surface area contributed by atoms with Crippen LogP contribution in [-0.4, -0.2) is 28.9 Å². The number of hydrogen-bond acceptors (Lipinski definition) is 5. The molecule has 0 aliphatic rings. The van der Waals surface area contributed by atoms with Gasteiger partial charge in [-0.1, -0.05) is 42.5 Å². The van der Waals surface area contributed by atoms with Gasteiger partial charge < -0.3 is 27.6 Å². The normalized spacial score (nSPS) is 10.6. The minimum Gasteiger partial charge on any atom is -0.480 e. The number of nitrogen functional groups attached to an aromatic ring is 1. The van der Waals surface area contributed by atoms with Crippen LogP contribution in [0.3, 0.4) is 0 Å². The summed E-state index contributed by atoms with van der Waals surface area (Å²) in [5.74, 6) is -1.90. The first-order chi connectivity index (χ1) is 15.3. The lowest BCUT2D eigenvalue weighted by atomic mass is 10.1. The first-order valence-electron chi connectivity index (χ1n) is 9.82. The van der Waals surface area contributed by atoms with Crippen LogP contribution in [0.2, 0.25) is 0 Å². The number of carbonyl (C=O) groups excluding carboxylic acids is 2. The van der Waals surface area contributed by atoms with Gasteiger partial charge in [-0.2, -0.15) is 0 Å². The monoisotopic (exact) mass is 470 g/mol. The van der Waals surface area contributed by atoms with Gasteiger partial charge in [0.2, 0.25) is 5.91 Å². The van der Waals surface area contributed by atoms with E-state index in [-0.39, 0.29) is 18.8 Å². The van der Waals surface area contributed by atoms with E-state index in [1.54, 1.807) is 48.5 Å². The largest absolute Gasteiger partial charge is 0.480 e. The number of carboxylic acids is 1. The first kappa shape index (κ1) is 27.2. The van der Waals surface area contributed by atoms with Gasteiger partial charge in [-0.25, -0.2) is 4.79 Å². The predicted molar refractivity (Wildman–Crippen MR) is 130 cm³/mol. The number of amides is 2. The number of anilines is 1. The molecule has 9 heteroatoms. The van der Waals surface area contributed by atoms with E-state index in [1.165, 1.54) is 0 Å². The van der Waals surface area contributed by atoms with Gasteiger partial charge in [-0.15, -0.1) is 12.4 Å². The fourth-order valence-electron chi connectivity index (χ4n) is 2.73. The standard InChI is InChI=1S/C17H18N2O3.C7H8N2O.ClH/c18-11-13-6-8-14(9-7-13)16(20)19-15(17(21)22)10-12-4-2-1-3-5-12;8-6-3-1-5(2-4-6)7(9)10;/h1-9,15H,10-11,18H2,(H,19,20)(H,21,22);1-4H,8H2,(H2,9,10);1H/t15-;;/m0../s1. The fraction of sp³-hybridized carbons (Fsp3) is 0.125. The molecule has 0 unspecified atom stereocenters. The highest BCUT2D eigenvalue weighted by molar-refractivity contribution is 5.96. The van der Waals surface area contributed by atoms with Crippen molar-refractivity contribution in [3.05, 3.63) is 101 Å². The zero-order valence-electron chi connectivity index (χ0n) is 17.8. The van der Waals surface area contributed by atoms with Gasteiger partial charge in [0, 0.05) is 29.8 Å². The van der Waals surface area contributed by atoms with E-state index < -0.39 is 23.8 Å². The molecule has 33 heavy (non-hydrogen) atoms. The number of hydrogen-bond donors (Lipinski definition) is 5. The van der Waals surface area contributed by atoms with E-state index in [9.17, 15) is 19.5 Å². The topological polar surface area (TPSA) is 162 Å². The lowest BCUT2D eigenvalue weighted by molar-refractivity contribution is -0.139. The molecule has 0 fully saturated rings. The number of rotatable bonds is 7. The molecular weight excluding hydrogens is 444 g/mol. The van der Waals surface area contributed by atoms with Crippen LogP contribution >= 0.6 is 12.4 Å². The summed E-state index contributed by atoms with van der Waals surface area (Å²) in [7, 11) is 0. The zero-order chi connectivity index (χ0) is 23.5. The fourth-order valence-corrected chi connectivity index (χ4v) is 2.73. The summed E-state index contributed by atoms with van der Waals surface area (Å²) >= 11 is 0. The van der Waals surface area contributed by atoms with Crippen molar-refractivity contribution in [2.24, 2.45) is 11.5 Å². The third-order valence-electron chi connectivity index (χ3n) is 4.53. The van der Waals surface area contributed by atoms with Gasteiger partial charge in [-0.05, 0) is 47.5 Å². The van der Waals surface area contributed by atoms with Crippen LogP contribution in [0.25, 0.3) is 0 Å². The van der Waals surface area contributed by atoms with Crippen LogP contribution in [0.4, 0.5) is 5.69 Å². The molecule has 2 amide bonds. The second-order valence-corrected chi connectivity index (χ2v) is 6.94. The molecule has 0 radical (unpaired) electrons. The summed E-state index contributed by atoms with van der Waals surface area (Å²) in [6.45, 7) is 0.396. The maximum Gasteiger partial charge on any atom is 0.326 e. The second kappa shape index (κ2) is 13.5. The van der Waals surface area contributed by atoms with E-state index in [0.29, 0.717) is 23.4 Å². The smallest absolute Gasteiger partial charge is 0.326 e. The van der Waals surface area contributed by atoms with Crippen LogP contribution in [0, 0.1) is 0 Å². The van der Waals surface area contributed by atoms with E-state index in [4.69, 9.17) is 17.2 Å². The van der Waals surface area contributed by atoms with Crippen LogP contribution < -0.4 is 22.5 Å². The Hall–Kier alpha value is -3.88. The molecule has 0 aliphatic heterocycles. The number of carboxylic acid groups (broad SMARTS) is 1. The molecule has 0 aromatic heterocycles. The molecule has 0 heterocycles. The summed E-state index contributed by atoms with van der Waals surface area (Å²) in [5, 5.41) is 11.8. The Kier molecular flexibility index (Phi) is 11.1. The van der Waals surface area contributed by atoms with Crippen molar-refractivity contribution in [2.45, 2.75) is 19.0 Å². The molecule has 3 aromatic carbocycles. The summed E-state index contributed by atoms with van der Waals surface area (Å²) in [6, 6.07) is 21.5. The van der Waals surface area contributed by atoms with Gasteiger partial charge in [0.05, 0.1) is 0 Å². The summed E-state index contributed by atoms with van der Waals surface area (Å²) in [5.41, 5.74) is 19.2. The van der Waals surface area contributed by atoms with Crippen LogP contribution in [0.15, 0.2) is 78.9 Å². The zero-order valence-corrected chi connectivity index (χ0v) is 18.6. The number of primary amides is 1. The molecule has 0 spiro atoms. The maximum atomic E-state index is 12.1. The van der Waals surface area contributed by atoms with Crippen molar-refractivity contribution in [2.75, 3.05) is 5.73 Å². The van der Waals surface area contributed by atoms with Crippen molar-refractivity contribution in [1.82, 2.24) is 5.32 Å². The molecule has 0 aliphatic carbocycles. The van der Waals surface area contributed by atoms with Crippen molar-refractivity contribution >= 4 is 35.9 Å². The second-order valence-electron chi connectivity index (χ2n) is 6.94. The average Bonchev–Trinajstić information content (AvgIpc) is 2.80. The lowest BCUT2D eigenvalue weighted by Gasteiger charge is -2.15. The van der Waals surface area contributed by atoms with E-state index in [2.05, 4.69) is 5.32 Å². The first-order valence-corrected chi connectivity index (χ1v) is 9.82. The van der Waals surface area contributed by atoms with E-state index in [1.807, 2.05) is 30.3 Å². The number of nitrogens with two attached hydrogens (primary N) is 3. The quantitative estimate of drug-likeness (QED) is 0.333. The Bertz CT molecular complexity index is 1040. The molecule has 8 N–H and O–H groups in total. The number of nitrogens with one attached hydrogen (secondary N) is 1. The highest BCUT2D eigenvalue weighted by atomic mass is 35.5. The van der Waals surface area contributed by atoms with Gasteiger partial charge in [0.15, 0.2) is 0 Å². The Balaban J connectivity index is 0.000000417. The molecular formula is C24H27ClN4O4. The Morgan fingerprint density at radius 2 is 1.36 bits per heavy atom. The highest BCUT2D eigenvalue weighted by Gasteiger charge is 2.21. The number of benzene rings is 3. The molecule has 0 saturated carbocycles. The lowest BCUT2D eigenvalue weighted by Crippen LogP contribution is -2.42. The van der Waals surface area contributed by atoms with E-state index in [0.717, 1.165) is 11.1 Å². The van der Waals surface area contributed by atoms with Gasteiger partial charge in [-0.3, -0.25) is 9.59 Å². The molecule has 3 aromatic rings. The third kappa shape index (κ3) is 9.02. The predicted octanol–water partition coefficient (Wildman–Crippen LogP) is 2.36. The SMILES string of the molecule is Cl.NC(=O)c1ccc(N)cc1.NCc1ccc(C(=O)N[C@@H](Cc2ccccc2)C(=O)O)cc1. The van der Waals surface area contributed by atoms with E-state index >= 15 is 0 Å². The average molecular weight is 471 g/mol. The van der Waals surface area contributed by atoms with Crippen molar-refractivity contribution in [3.63, 3.8) is 0 Å². The minimum atomic E-state index is -1.06. The summed E-state index contributed by atoms with van der Waals surface area (Å²) in [4.78, 5) is 34.0. The Morgan fingerprint density at radius 1 is 0.818 bits per heavy atom. The van der Waals surface area contributed by atoms with Gasteiger partial charge in [0.1, 0.15) is 6.04 Å². The van der Waals surface area contributed by atoms with Gasteiger partial charge >= 0.3 is 5.97 Å². The summed E-state index contributed by atoms with van der Waals surface area (Å²) in [6.07, 6.45) is 0.239. The minimum absolute atomic E-state index is 0. The van der Waals surface area contributed by atoms with Crippen molar-refractivity contribution in [1.29, 1.82) is 0 Å². The highest BCUT2D eigenvalue weighted by Crippen LogP contribution is 2.07. The van der Waals surface area contributed by atoms with Gasteiger partial charge in [0.25, 0.3) is 5.91 Å². The number of aliphatic carboxylic acids is 1. The molecule has 174 valence electrons. The third-order valence-corrected chi connectivity index (χ3v) is 4.53. The maximum absolute atomic E-state index is 12.1. The summed E-state index contributed by atoms with van der Waals surface area (Å²) < 4.78 is 0. The van der Waals surface area contributed by atoms with Crippen LogP contribution in [0.5, 0.6) is 0 Å². The van der Waals surface area contributed by atoms with Crippen LogP contribution in [-0.2, 0) is 17.8 Å². The van der Waals surface area contributed by atoms with Crippen molar-refractivity contribution in [3.8, 4) is 0 Å². The molecule has 1 atom stereocenters. The number of halogens is 1. The molecule has 0 bridgehead atoms. The Labute approximate surface area is 198 Å². The molecule has 3 rings (SSSR count). The Morgan fingerprint density at radius 3 is 1.85 bits per heavy atom. The molecule has 8 nitrogen and oxygen atoms in total. The van der Waals surface area contributed by atoms with Crippen molar-refractivity contribution < 1.29 is 19.5 Å². The number of carbonyl (C=O) groups is 3. The van der Waals surface area contributed by atoms with Crippen LogP contribution in [0.1, 0.15) is 31.8 Å². The molecule has 0 saturated heterocycles.